The molecule has 1 aromatic carbocycles. The lowest BCUT2D eigenvalue weighted by Gasteiger charge is -2.14. The highest BCUT2D eigenvalue weighted by Gasteiger charge is 2.15. The zero-order valence-electron chi connectivity index (χ0n) is 13.8. The van der Waals surface area contributed by atoms with Crippen LogP contribution in [0.1, 0.15) is 24.8 Å². The largest absolute Gasteiger partial charge is 0.411 e. The Morgan fingerprint density at radius 1 is 1.38 bits per heavy atom. The summed E-state index contributed by atoms with van der Waals surface area (Å²) in [5, 5.41) is 26.8. The van der Waals surface area contributed by atoms with Crippen LogP contribution < -0.4 is 5.32 Å². The van der Waals surface area contributed by atoms with Crippen LogP contribution >= 0.6 is 27.7 Å². The first-order valence-electron chi connectivity index (χ1n) is 8.02. The standard InChI is InChI=1S/C17H24BrN3O2S/c1-24-8-4-2-3-7-19-17(22)16(21-23)9-12-11-20-15-6-5-13(18)10-14(12)15/h5-6,10-11,17,19-20,22-23H,2-4,7-9H2,1H3/b21-16+. The fraction of sp³-hybridized carbons (Fsp3) is 0.471. The highest BCUT2D eigenvalue weighted by Crippen LogP contribution is 2.23. The fourth-order valence-electron chi connectivity index (χ4n) is 2.58. The van der Waals surface area contributed by atoms with Gasteiger partial charge in [0.25, 0.3) is 0 Å². The molecule has 0 fully saturated rings. The van der Waals surface area contributed by atoms with Crippen LogP contribution in [-0.4, -0.2) is 45.8 Å². The molecule has 2 rings (SSSR count). The van der Waals surface area contributed by atoms with Crippen molar-refractivity contribution in [1.29, 1.82) is 0 Å². The number of nitrogens with zero attached hydrogens (tertiary/aromatic N) is 1. The van der Waals surface area contributed by atoms with E-state index in [1.54, 1.807) is 0 Å². The molecule has 7 heteroatoms. The summed E-state index contributed by atoms with van der Waals surface area (Å²) in [4.78, 5) is 3.19. The summed E-state index contributed by atoms with van der Waals surface area (Å²) < 4.78 is 0.988. The van der Waals surface area contributed by atoms with E-state index in [0.29, 0.717) is 18.7 Å². The molecule has 132 valence electrons. The van der Waals surface area contributed by atoms with E-state index in [1.165, 1.54) is 12.2 Å². The summed E-state index contributed by atoms with van der Waals surface area (Å²) in [6.45, 7) is 0.702. The van der Waals surface area contributed by atoms with Crippen LogP contribution in [0.15, 0.2) is 34.0 Å². The van der Waals surface area contributed by atoms with E-state index in [2.05, 4.69) is 37.6 Å². The number of aliphatic hydroxyl groups is 1. The van der Waals surface area contributed by atoms with Crippen molar-refractivity contribution in [3.63, 3.8) is 0 Å². The average molecular weight is 414 g/mol. The number of benzene rings is 1. The highest BCUT2D eigenvalue weighted by atomic mass is 79.9. The van der Waals surface area contributed by atoms with Crippen LogP contribution in [-0.2, 0) is 6.42 Å². The van der Waals surface area contributed by atoms with E-state index in [4.69, 9.17) is 0 Å². The lowest BCUT2D eigenvalue weighted by molar-refractivity contribution is 0.192. The molecule has 4 N–H and O–H groups in total. The van der Waals surface area contributed by atoms with Gasteiger partial charge in [-0.1, -0.05) is 27.5 Å². The Labute approximate surface area is 155 Å². The molecule has 1 aromatic heterocycles. The topological polar surface area (TPSA) is 80.6 Å². The molecule has 1 unspecified atom stereocenters. The Morgan fingerprint density at radius 2 is 2.21 bits per heavy atom. The summed E-state index contributed by atoms with van der Waals surface area (Å²) in [7, 11) is 0. The molecule has 2 aromatic rings. The maximum absolute atomic E-state index is 10.2. The smallest absolute Gasteiger partial charge is 0.147 e. The number of thioether (sulfide) groups is 1. The minimum Gasteiger partial charge on any atom is -0.411 e. The van der Waals surface area contributed by atoms with Crippen molar-refractivity contribution in [3.8, 4) is 0 Å². The second kappa shape index (κ2) is 10.1. The number of hydrogen-bond acceptors (Lipinski definition) is 5. The molecule has 0 saturated heterocycles. The average Bonchev–Trinajstić information content (AvgIpc) is 2.97. The lowest BCUT2D eigenvalue weighted by atomic mass is 10.1. The second-order valence-corrected chi connectivity index (χ2v) is 7.58. The first-order chi connectivity index (χ1) is 11.7. The quantitative estimate of drug-likeness (QED) is 0.157. The maximum atomic E-state index is 10.2. The molecule has 5 nitrogen and oxygen atoms in total. The number of halogens is 1. The van der Waals surface area contributed by atoms with E-state index in [0.717, 1.165) is 33.8 Å². The molecular formula is C17H24BrN3O2S. The number of hydrogen-bond donors (Lipinski definition) is 4. The zero-order valence-corrected chi connectivity index (χ0v) is 16.2. The summed E-state index contributed by atoms with van der Waals surface area (Å²) in [6.07, 6.45) is 6.75. The van der Waals surface area contributed by atoms with Gasteiger partial charge in [0.1, 0.15) is 11.9 Å². The number of aliphatic hydroxyl groups excluding tert-OH is 1. The molecule has 0 spiro atoms. The maximum Gasteiger partial charge on any atom is 0.147 e. The van der Waals surface area contributed by atoms with Gasteiger partial charge in [-0.25, -0.2) is 0 Å². The van der Waals surface area contributed by atoms with Crippen LogP contribution in [0.25, 0.3) is 10.9 Å². The molecule has 24 heavy (non-hydrogen) atoms. The van der Waals surface area contributed by atoms with E-state index in [-0.39, 0.29) is 0 Å². The Balaban J connectivity index is 1.90. The van der Waals surface area contributed by atoms with Crippen molar-refractivity contribution in [2.45, 2.75) is 31.9 Å². The van der Waals surface area contributed by atoms with Gasteiger partial charge in [-0.3, -0.25) is 5.32 Å². The molecule has 0 aliphatic heterocycles. The van der Waals surface area contributed by atoms with Crippen LogP contribution in [0.4, 0.5) is 0 Å². The van der Waals surface area contributed by atoms with E-state index >= 15 is 0 Å². The number of fused-ring (bicyclic) bond motifs is 1. The van der Waals surface area contributed by atoms with Gasteiger partial charge in [-0.15, -0.1) is 0 Å². The first-order valence-corrected chi connectivity index (χ1v) is 10.2. The van der Waals surface area contributed by atoms with Crippen molar-refractivity contribution < 1.29 is 10.3 Å². The van der Waals surface area contributed by atoms with Crippen molar-refractivity contribution in [2.24, 2.45) is 5.16 Å². The molecule has 1 atom stereocenters. The molecule has 0 aliphatic carbocycles. The van der Waals surface area contributed by atoms with E-state index in [1.807, 2.05) is 36.2 Å². The van der Waals surface area contributed by atoms with Crippen LogP contribution in [0.5, 0.6) is 0 Å². The third-order valence-corrected chi connectivity index (χ3v) is 5.10. The predicted octanol–water partition coefficient (Wildman–Crippen LogP) is 3.74. The molecule has 0 radical (unpaired) electrons. The number of rotatable bonds is 10. The lowest BCUT2D eigenvalue weighted by Crippen LogP contribution is -2.38. The van der Waals surface area contributed by atoms with Crippen molar-refractivity contribution >= 4 is 44.3 Å². The van der Waals surface area contributed by atoms with Gasteiger partial charge in [0.15, 0.2) is 0 Å². The first kappa shape index (κ1) is 19.3. The Kier molecular flexibility index (Phi) is 8.11. The van der Waals surface area contributed by atoms with Gasteiger partial charge < -0.3 is 15.3 Å². The van der Waals surface area contributed by atoms with Crippen molar-refractivity contribution in [1.82, 2.24) is 10.3 Å². The summed E-state index contributed by atoms with van der Waals surface area (Å²) in [5.74, 6) is 1.17. The van der Waals surface area contributed by atoms with E-state index in [9.17, 15) is 10.3 Å². The molecule has 0 saturated carbocycles. The number of H-pyrrole nitrogens is 1. The van der Waals surface area contributed by atoms with Gasteiger partial charge in [0, 0.05) is 28.0 Å². The minimum absolute atomic E-state index is 0.319. The predicted molar refractivity (Wildman–Crippen MR) is 105 cm³/mol. The van der Waals surface area contributed by atoms with Gasteiger partial charge in [0.05, 0.1) is 0 Å². The van der Waals surface area contributed by atoms with Gasteiger partial charge >= 0.3 is 0 Å². The Morgan fingerprint density at radius 3 is 2.96 bits per heavy atom. The van der Waals surface area contributed by atoms with Crippen LogP contribution in [0.3, 0.4) is 0 Å². The van der Waals surface area contributed by atoms with Gasteiger partial charge in [-0.05, 0) is 55.2 Å². The number of aromatic amines is 1. The zero-order chi connectivity index (χ0) is 17.4. The summed E-state index contributed by atoms with van der Waals surface area (Å²) in [6, 6.07) is 5.97. The van der Waals surface area contributed by atoms with Crippen LogP contribution in [0.2, 0.25) is 0 Å². The fourth-order valence-corrected chi connectivity index (χ4v) is 3.44. The molecule has 0 aliphatic rings. The third kappa shape index (κ3) is 5.51. The minimum atomic E-state index is -0.937. The Hall–Kier alpha value is -1.02. The third-order valence-electron chi connectivity index (χ3n) is 3.91. The molecule has 0 amide bonds. The SMILES string of the molecule is CSCCCCCNC(O)/C(Cc1c[nH]c2ccc(Br)cc12)=N/O. The Bertz CT molecular complexity index is 675. The second-order valence-electron chi connectivity index (χ2n) is 5.68. The monoisotopic (exact) mass is 413 g/mol. The summed E-state index contributed by atoms with van der Waals surface area (Å²) >= 11 is 5.32. The van der Waals surface area contributed by atoms with Gasteiger partial charge in [0.2, 0.25) is 0 Å². The molecule has 0 bridgehead atoms. The number of aromatic nitrogens is 1. The normalized spacial score (nSPS) is 13.5. The van der Waals surface area contributed by atoms with Crippen molar-refractivity contribution in [3.05, 3.63) is 34.4 Å². The van der Waals surface area contributed by atoms with Gasteiger partial charge in [-0.2, -0.15) is 11.8 Å². The molecule has 1 heterocycles. The highest BCUT2D eigenvalue weighted by molar-refractivity contribution is 9.10. The number of unbranched alkanes of at least 4 members (excludes halogenated alkanes) is 2. The number of nitrogens with one attached hydrogen (secondary N) is 2. The molecular weight excluding hydrogens is 390 g/mol. The summed E-state index contributed by atoms with van der Waals surface area (Å²) in [5.41, 5.74) is 2.32. The van der Waals surface area contributed by atoms with E-state index < -0.39 is 6.23 Å². The number of oxime groups is 1. The van der Waals surface area contributed by atoms with Crippen molar-refractivity contribution in [2.75, 3.05) is 18.6 Å². The van der Waals surface area contributed by atoms with Crippen LogP contribution in [0, 0.1) is 0 Å².